The summed E-state index contributed by atoms with van der Waals surface area (Å²) in [5.41, 5.74) is -1.23. The van der Waals surface area contributed by atoms with Gasteiger partial charge < -0.3 is 19.7 Å². The Balaban J connectivity index is 0.000000845. The van der Waals surface area contributed by atoms with Gasteiger partial charge in [0, 0.05) is 5.41 Å². The van der Waals surface area contributed by atoms with Gasteiger partial charge in [-0.15, -0.1) is 0 Å². The molecule has 1 unspecified atom stereocenters. The van der Waals surface area contributed by atoms with E-state index in [1.54, 1.807) is 0 Å². The van der Waals surface area contributed by atoms with Crippen LogP contribution in [0, 0.1) is 5.41 Å². The number of fused-ring (bicyclic) bond motifs is 1. The van der Waals surface area contributed by atoms with Crippen LogP contribution in [-0.2, 0) is 9.53 Å². The number of rotatable bonds is 2. The minimum Gasteiger partial charge on any atom is -0.549 e. The minimum absolute atomic E-state index is 0. The number of aliphatic carboxylic acids is 1. The van der Waals surface area contributed by atoms with Crippen LogP contribution in [-0.4, -0.2) is 29.4 Å². The van der Waals surface area contributed by atoms with Crippen molar-refractivity contribution >= 4 is 5.97 Å². The fourth-order valence-electron chi connectivity index (χ4n) is 2.54. The number of carboxylic acid groups (broad SMARTS) is 1. The molecule has 0 spiro atoms. The summed E-state index contributed by atoms with van der Waals surface area (Å²) in [6, 6.07) is 0. The standard InChI is InChI=1S/C8H12O4.Na/c1-7-3-8(4-7,6(10)11)5(2-9)12-7;/h5,9H,2-4H2,1H3,(H,10,11);/q;+1/p-1. The Morgan fingerprint density at radius 1 is 1.69 bits per heavy atom. The number of hydrogen-bond acceptors (Lipinski definition) is 4. The van der Waals surface area contributed by atoms with Crippen LogP contribution in [0.5, 0.6) is 0 Å². The van der Waals surface area contributed by atoms with Crippen molar-refractivity contribution in [2.24, 2.45) is 5.41 Å². The zero-order valence-electron chi connectivity index (χ0n) is 7.87. The quantitative estimate of drug-likeness (QED) is 0.451. The van der Waals surface area contributed by atoms with Crippen molar-refractivity contribution < 1.29 is 49.3 Å². The van der Waals surface area contributed by atoms with Gasteiger partial charge >= 0.3 is 29.6 Å². The third-order valence-electron chi connectivity index (χ3n) is 2.99. The van der Waals surface area contributed by atoms with E-state index in [1.807, 2.05) is 6.92 Å². The molecule has 0 amide bonds. The molecule has 3 fully saturated rings. The van der Waals surface area contributed by atoms with Gasteiger partial charge in [0.15, 0.2) is 0 Å². The summed E-state index contributed by atoms with van der Waals surface area (Å²) in [5.74, 6) is -1.09. The zero-order chi connectivity index (χ0) is 8.98. The van der Waals surface area contributed by atoms with Crippen molar-refractivity contribution in [1.82, 2.24) is 0 Å². The van der Waals surface area contributed by atoms with Gasteiger partial charge in [-0.2, -0.15) is 0 Å². The second-order valence-corrected chi connectivity index (χ2v) is 4.04. The van der Waals surface area contributed by atoms with Gasteiger partial charge in [0.2, 0.25) is 0 Å². The van der Waals surface area contributed by atoms with Gasteiger partial charge in [0.25, 0.3) is 0 Å². The van der Waals surface area contributed by atoms with Crippen LogP contribution < -0.4 is 34.7 Å². The Kier molecular flexibility index (Phi) is 2.83. The molecule has 0 aromatic rings. The van der Waals surface area contributed by atoms with Crippen LogP contribution in [0.15, 0.2) is 0 Å². The number of carbonyl (C=O) groups is 1. The van der Waals surface area contributed by atoms with E-state index >= 15 is 0 Å². The first kappa shape index (κ1) is 11.5. The summed E-state index contributed by atoms with van der Waals surface area (Å²) in [7, 11) is 0. The average Bonchev–Trinajstić information content (AvgIpc) is 2.36. The molecule has 2 heterocycles. The normalized spacial score (nSPS) is 46.5. The summed E-state index contributed by atoms with van der Waals surface area (Å²) >= 11 is 0. The second kappa shape index (κ2) is 3.21. The van der Waals surface area contributed by atoms with Crippen molar-refractivity contribution in [3.63, 3.8) is 0 Å². The Hall–Kier alpha value is 0.390. The van der Waals surface area contributed by atoms with E-state index in [0.29, 0.717) is 12.8 Å². The van der Waals surface area contributed by atoms with Gasteiger partial charge in [-0.3, -0.25) is 0 Å². The molecule has 68 valence electrons. The molecule has 2 aliphatic heterocycles. The molecule has 1 atom stereocenters. The maximum atomic E-state index is 10.8. The fraction of sp³-hybridized carbons (Fsp3) is 0.875. The molecular weight excluding hydrogens is 183 g/mol. The van der Waals surface area contributed by atoms with Crippen molar-refractivity contribution in [1.29, 1.82) is 0 Å². The predicted octanol–water partition coefficient (Wildman–Crippen LogP) is -4.33. The van der Waals surface area contributed by atoms with E-state index in [-0.39, 0.29) is 41.8 Å². The molecule has 1 saturated carbocycles. The summed E-state index contributed by atoms with van der Waals surface area (Å²) in [6.07, 6.45) is 0.397. The molecule has 1 aliphatic carbocycles. The first-order chi connectivity index (χ1) is 5.52. The number of aliphatic hydroxyl groups excluding tert-OH is 1. The molecule has 5 heteroatoms. The Morgan fingerprint density at radius 2 is 2.23 bits per heavy atom. The van der Waals surface area contributed by atoms with E-state index in [4.69, 9.17) is 9.84 Å². The van der Waals surface area contributed by atoms with Crippen molar-refractivity contribution in [3.8, 4) is 0 Å². The molecule has 0 aromatic heterocycles. The largest absolute Gasteiger partial charge is 1.00 e. The molecule has 4 nitrogen and oxygen atoms in total. The SMILES string of the molecule is CC12CC(C(=O)[O-])(C1)C(CO)O2.[Na+]. The summed E-state index contributed by atoms with van der Waals surface area (Å²) in [5, 5.41) is 19.6. The molecule has 0 radical (unpaired) electrons. The number of aliphatic hydroxyl groups is 1. The Labute approximate surface area is 98.6 Å². The summed E-state index contributed by atoms with van der Waals surface area (Å²) in [6.45, 7) is 1.63. The predicted molar refractivity (Wildman–Crippen MR) is 37.0 cm³/mol. The molecule has 3 aliphatic rings. The second-order valence-electron chi connectivity index (χ2n) is 4.04. The van der Waals surface area contributed by atoms with Gasteiger partial charge in [-0.25, -0.2) is 0 Å². The van der Waals surface area contributed by atoms with E-state index in [2.05, 4.69) is 0 Å². The average molecular weight is 194 g/mol. The van der Waals surface area contributed by atoms with Crippen LogP contribution in [0.1, 0.15) is 19.8 Å². The molecule has 3 rings (SSSR count). The number of carbonyl (C=O) groups excluding carboxylic acids is 1. The van der Waals surface area contributed by atoms with Crippen LogP contribution in [0.2, 0.25) is 0 Å². The van der Waals surface area contributed by atoms with Gasteiger partial charge in [-0.1, -0.05) is 0 Å². The van der Waals surface area contributed by atoms with Gasteiger partial charge in [0.1, 0.15) is 0 Å². The third kappa shape index (κ3) is 1.36. The van der Waals surface area contributed by atoms with E-state index in [0.717, 1.165) is 0 Å². The Bertz CT molecular complexity index is 234. The topological polar surface area (TPSA) is 69.6 Å². The van der Waals surface area contributed by atoms with Crippen molar-refractivity contribution in [2.45, 2.75) is 31.5 Å². The van der Waals surface area contributed by atoms with E-state index in [1.165, 1.54) is 0 Å². The molecule has 2 saturated heterocycles. The number of ether oxygens (including phenoxy) is 1. The maximum absolute atomic E-state index is 10.8. The zero-order valence-corrected chi connectivity index (χ0v) is 9.87. The molecule has 1 N–H and O–H groups in total. The molecular formula is C8H11NaO4. The smallest absolute Gasteiger partial charge is 0.549 e. The first-order valence-corrected chi connectivity index (χ1v) is 4.03. The summed E-state index contributed by atoms with van der Waals surface area (Å²) in [4.78, 5) is 10.8. The first-order valence-electron chi connectivity index (χ1n) is 4.03. The van der Waals surface area contributed by atoms with Crippen LogP contribution in [0.4, 0.5) is 0 Å². The third-order valence-corrected chi connectivity index (χ3v) is 2.99. The minimum atomic E-state index is -1.09. The van der Waals surface area contributed by atoms with Crippen LogP contribution >= 0.6 is 0 Å². The van der Waals surface area contributed by atoms with Crippen molar-refractivity contribution in [3.05, 3.63) is 0 Å². The monoisotopic (exact) mass is 194 g/mol. The van der Waals surface area contributed by atoms with Gasteiger partial charge in [0.05, 0.1) is 24.3 Å². The van der Waals surface area contributed by atoms with Crippen LogP contribution in [0.3, 0.4) is 0 Å². The van der Waals surface area contributed by atoms with Crippen molar-refractivity contribution in [2.75, 3.05) is 6.61 Å². The molecule has 0 aromatic carbocycles. The van der Waals surface area contributed by atoms with Crippen LogP contribution in [0.25, 0.3) is 0 Å². The van der Waals surface area contributed by atoms with E-state index < -0.39 is 17.5 Å². The van der Waals surface area contributed by atoms with E-state index in [9.17, 15) is 9.90 Å². The Morgan fingerprint density at radius 3 is 2.54 bits per heavy atom. The summed E-state index contributed by atoms with van der Waals surface area (Å²) < 4.78 is 5.37. The number of hydrogen-bond donors (Lipinski definition) is 1. The van der Waals surface area contributed by atoms with Gasteiger partial charge in [-0.05, 0) is 19.8 Å². The number of carboxylic acids is 1. The molecule has 2 bridgehead atoms. The maximum Gasteiger partial charge on any atom is 1.00 e. The fourth-order valence-corrected chi connectivity index (χ4v) is 2.54. The molecule has 13 heavy (non-hydrogen) atoms.